The molecule has 2 rings (SSSR count). The first kappa shape index (κ1) is 24.5. The summed E-state index contributed by atoms with van der Waals surface area (Å²) in [6.07, 6.45) is 3.72. The lowest BCUT2D eigenvalue weighted by Crippen LogP contribution is -2.37. The Bertz CT molecular complexity index is 761. The van der Waals surface area contributed by atoms with Crippen LogP contribution >= 0.6 is 35.7 Å². The molecule has 2 aromatic rings. The summed E-state index contributed by atoms with van der Waals surface area (Å²) in [5.74, 6) is 1.88. The van der Waals surface area contributed by atoms with E-state index >= 15 is 0 Å². The van der Waals surface area contributed by atoms with Gasteiger partial charge in [-0.1, -0.05) is 12.1 Å². The van der Waals surface area contributed by atoms with Crippen molar-refractivity contribution < 1.29 is 9.13 Å². The SMILES string of the molecule is CCNC(=NCc1cccnc1OCC)NCc1ccc(F)cc1CSC.I. The molecule has 0 fully saturated rings. The van der Waals surface area contributed by atoms with E-state index in [-0.39, 0.29) is 29.8 Å². The van der Waals surface area contributed by atoms with Gasteiger partial charge in [-0.2, -0.15) is 11.8 Å². The highest BCUT2D eigenvalue weighted by atomic mass is 127. The average Bonchev–Trinajstić information content (AvgIpc) is 2.67. The normalized spacial score (nSPS) is 10.9. The molecule has 0 radical (unpaired) electrons. The third kappa shape index (κ3) is 7.83. The van der Waals surface area contributed by atoms with Gasteiger partial charge in [-0.05, 0) is 49.4 Å². The molecule has 0 saturated carbocycles. The zero-order chi connectivity index (χ0) is 19.5. The number of aliphatic imine (C=N–C) groups is 1. The largest absolute Gasteiger partial charge is 0.478 e. The smallest absolute Gasteiger partial charge is 0.218 e. The zero-order valence-corrected chi connectivity index (χ0v) is 19.6. The van der Waals surface area contributed by atoms with E-state index in [9.17, 15) is 4.39 Å². The number of pyridine rings is 1. The average molecular weight is 518 g/mol. The van der Waals surface area contributed by atoms with Crippen molar-refractivity contribution in [1.29, 1.82) is 0 Å². The first-order valence-electron chi connectivity index (χ1n) is 9.03. The Morgan fingerprint density at radius 2 is 2.00 bits per heavy atom. The second kappa shape index (κ2) is 13.6. The third-order valence-corrected chi connectivity index (χ3v) is 4.40. The Balaban J connectivity index is 0.00000392. The summed E-state index contributed by atoms with van der Waals surface area (Å²) in [4.78, 5) is 8.89. The molecule has 0 amide bonds. The van der Waals surface area contributed by atoms with Gasteiger partial charge in [-0.3, -0.25) is 0 Å². The van der Waals surface area contributed by atoms with Gasteiger partial charge in [-0.15, -0.1) is 24.0 Å². The molecule has 0 aliphatic rings. The monoisotopic (exact) mass is 518 g/mol. The molecule has 0 atom stereocenters. The molecule has 0 spiro atoms. The summed E-state index contributed by atoms with van der Waals surface area (Å²) in [6, 6.07) is 8.75. The molecule has 28 heavy (non-hydrogen) atoms. The van der Waals surface area contributed by atoms with Crippen molar-refractivity contribution in [2.45, 2.75) is 32.7 Å². The molecule has 0 bridgehead atoms. The number of nitrogens with one attached hydrogen (secondary N) is 2. The van der Waals surface area contributed by atoms with E-state index in [2.05, 4.69) is 20.6 Å². The minimum atomic E-state index is -0.205. The van der Waals surface area contributed by atoms with Crippen molar-refractivity contribution in [2.24, 2.45) is 4.99 Å². The van der Waals surface area contributed by atoms with Gasteiger partial charge in [0.25, 0.3) is 0 Å². The predicted octanol–water partition coefficient (Wildman–Crippen LogP) is 4.36. The summed E-state index contributed by atoms with van der Waals surface area (Å²) >= 11 is 1.67. The summed E-state index contributed by atoms with van der Waals surface area (Å²) in [7, 11) is 0. The Kier molecular flexibility index (Phi) is 11.9. The van der Waals surface area contributed by atoms with Gasteiger partial charge < -0.3 is 15.4 Å². The highest BCUT2D eigenvalue weighted by molar-refractivity contribution is 14.0. The molecular formula is C20H28FIN4OS. The summed E-state index contributed by atoms with van der Waals surface area (Å²) in [5, 5.41) is 6.56. The van der Waals surface area contributed by atoms with Gasteiger partial charge in [0.15, 0.2) is 5.96 Å². The molecule has 1 heterocycles. The van der Waals surface area contributed by atoms with E-state index in [0.29, 0.717) is 31.5 Å². The summed E-state index contributed by atoms with van der Waals surface area (Å²) < 4.78 is 19.1. The zero-order valence-electron chi connectivity index (χ0n) is 16.5. The Hall–Kier alpha value is -1.55. The van der Waals surface area contributed by atoms with Crippen molar-refractivity contribution in [1.82, 2.24) is 15.6 Å². The topological polar surface area (TPSA) is 58.5 Å². The van der Waals surface area contributed by atoms with Gasteiger partial charge in [0.2, 0.25) is 5.88 Å². The number of ether oxygens (including phenoxy) is 1. The molecule has 154 valence electrons. The van der Waals surface area contributed by atoms with Crippen LogP contribution < -0.4 is 15.4 Å². The lowest BCUT2D eigenvalue weighted by Gasteiger charge is -2.14. The number of guanidine groups is 1. The Morgan fingerprint density at radius 1 is 1.18 bits per heavy atom. The number of hydrogen-bond acceptors (Lipinski definition) is 4. The highest BCUT2D eigenvalue weighted by Crippen LogP contribution is 2.17. The fourth-order valence-corrected chi connectivity index (χ4v) is 3.13. The Morgan fingerprint density at radius 3 is 2.71 bits per heavy atom. The number of benzene rings is 1. The highest BCUT2D eigenvalue weighted by Gasteiger charge is 2.07. The standard InChI is InChI=1S/C20H27FN4OS.HI/c1-4-22-20(25-13-16-7-6-10-23-19(16)26-5-2)24-12-15-8-9-18(21)11-17(15)14-27-3;/h6-11H,4-5,12-14H2,1-3H3,(H2,22,24,25);1H. The number of rotatable bonds is 9. The Labute approximate surface area is 188 Å². The molecule has 0 unspecified atom stereocenters. The summed E-state index contributed by atoms with van der Waals surface area (Å²) in [6.45, 7) is 6.30. The minimum Gasteiger partial charge on any atom is -0.478 e. The van der Waals surface area contributed by atoms with E-state index < -0.39 is 0 Å². The number of nitrogens with zero attached hydrogens (tertiary/aromatic N) is 2. The molecule has 0 saturated heterocycles. The van der Waals surface area contributed by atoms with E-state index in [1.54, 1.807) is 24.0 Å². The number of thioether (sulfide) groups is 1. The van der Waals surface area contributed by atoms with Crippen molar-refractivity contribution in [3.05, 3.63) is 59.0 Å². The van der Waals surface area contributed by atoms with E-state index in [0.717, 1.165) is 29.0 Å². The lowest BCUT2D eigenvalue weighted by atomic mass is 10.1. The molecule has 0 aliphatic heterocycles. The van der Waals surface area contributed by atoms with Gasteiger partial charge >= 0.3 is 0 Å². The van der Waals surface area contributed by atoms with Crippen LogP contribution in [0.25, 0.3) is 0 Å². The molecule has 0 aliphatic carbocycles. The van der Waals surface area contributed by atoms with Crippen molar-refractivity contribution >= 4 is 41.7 Å². The predicted molar refractivity (Wildman–Crippen MR) is 126 cm³/mol. The summed E-state index contributed by atoms with van der Waals surface area (Å²) in [5.41, 5.74) is 2.99. The van der Waals surface area contributed by atoms with Crippen LogP contribution in [0.4, 0.5) is 4.39 Å². The first-order chi connectivity index (χ1) is 13.2. The number of halogens is 2. The number of aromatic nitrogens is 1. The van der Waals surface area contributed by atoms with Crippen LogP contribution in [-0.4, -0.2) is 30.4 Å². The maximum absolute atomic E-state index is 13.5. The van der Waals surface area contributed by atoms with Crippen LogP contribution in [0, 0.1) is 5.82 Å². The van der Waals surface area contributed by atoms with Crippen LogP contribution in [-0.2, 0) is 18.8 Å². The molecule has 8 heteroatoms. The van der Waals surface area contributed by atoms with Crippen LogP contribution in [0.2, 0.25) is 0 Å². The molecular weight excluding hydrogens is 490 g/mol. The minimum absolute atomic E-state index is 0. The molecule has 2 N–H and O–H groups in total. The lowest BCUT2D eigenvalue weighted by molar-refractivity contribution is 0.323. The molecule has 5 nitrogen and oxygen atoms in total. The molecule has 1 aromatic heterocycles. The van der Waals surface area contributed by atoms with E-state index in [4.69, 9.17) is 4.74 Å². The van der Waals surface area contributed by atoms with Crippen molar-refractivity contribution in [3.63, 3.8) is 0 Å². The second-order valence-electron chi connectivity index (χ2n) is 5.80. The van der Waals surface area contributed by atoms with E-state index in [1.165, 1.54) is 6.07 Å². The quantitative estimate of drug-likeness (QED) is 0.294. The van der Waals surface area contributed by atoms with Crippen molar-refractivity contribution in [3.8, 4) is 5.88 Å². The van der Waals surface area contributed by atoms with Crippen LogP contribution in [0.3, 0.4) is 0 Å². The van der Waals surface area contributed by atoms with Gasteiger partial charge in [0.1, 0.15) is 5.82 Å². The van der Waals surface area contributed by atoms with Crippen molar-refractivity contribution in [2.75, 3.05) is 19.4 Å². The van der Waals surface area contributed by atoms with Gasteiger partial charge in [-0.25, -0.2) is 14.4 Å². The maximum Gasteiger partial charge on any atom is 0.218 e. The molecule has 1 aromatic carbocycles. The van der Waals surface area contributed by atoms with Crippen LogP contribution in [0.15, 0.2) is 41.5 Å². The van der Waals surface area contributed by atoms with Crippen LogP contribution in [0.5, 0.6) is 5.88 Å². The second-order valence-corrected chi connectivity index (χ2v) is 6.66. The van der Waals surface area contributed by atoms with E-state index in [1.807, 2.05) is 38.3 Å². The third-order valence-electron chi connectivity index (χ3n) is 3.80. The van der Waals surface area contributed by atoms with Gasteiger partial charge in [0, 0.05) is 30.6 Å². The first-order valence-corrected chi connectivity index (χ1v) is 10.4. The fourth-order valence-electron chi connectivity index (χ4n) is 2.55. The van der Waals surface area contributed by atoms with Crippen LogP contribution in [0.1, 0.15) is 30.5 Å². The fraction of sp³-hybridized carbons (Fsp3) is 0.400. The van der Waals surface area contributed by atoms with Gasteiger partial charge in [0.05, 0.1) is 13.2 Å². The maximum atomic E-state index is 13.5. The number of hydrogen-bond donors (Lipinski definition) is 2.